The van der Waals surface area contributed by atoms with Crippen molar-refractivity contribution in [2.75, 3.05) is 5.32 Å². The van der Waals surface area contributed by atoms with Gasteiger partial charge in [0.1, 0.15) is 0 Å². The summed E-state index contributed by atoms with van der Waals surface area (Å²) in [7, 11) is 0. The maximum absolute atomic E-state index is 3.75. The van der Waals surface area contributed by atoms with E-state index in [2.05, 4.69) is 198 Å². The van der Waals surface area contributed by atoms with Gasteiger partial charge in [-0.05, 0) is 106 Å². The highest BCUT2D eigenvalue weighted by atomic mass is 15.0. The number of nitrogens with one attached hydrogen (secondary N) is 1. The van der Waals surface area contributed by atoms with Crippen LogP contribution in [0.1, 0.15) is 53.1 Å². The van der Waals surface area contributed by atoms with Gasteiger partial charge in [-0.3, -0.25) is 0 Å². The summed E-state index contributed by atoms with van der Waals surface area (Å²) >= 11 is 0. The lowest BCUT2D eigenvalue weighted by molar-refractivity contribution is 0.730. The van der Waals surface area contributed by atoms with Crippen LogP contribution < -0.4 is 5.32 Å². The van der Waals surface area contributed by atoms with Crippen LogP contribution in [0.4, 0.5) is 5.69 Å². The molecular weight excluding hydrogens is 641 g/mol. The van der Waals surface area contributed by atoms with E-state index in [4.69, 9.17) is 0 Å². The van der Waals surface area contributed by atoms with Gasteiger partial charge in [0.05, 0.1) is 6.04 Å². The SMILES string of the molecule is C1=CC(Nc2ccccc2)C(c2cccc(-c3ccc4c(c3)c3c(n4CC/C(=C4/C=C(c5ccccc5)C=CC4)c4ccccc4)C=CCC3)c2)C=C1. The second-order valence-electron chi connectivity index (χ2n) is 14.3. The van der Waals surface area contributed by atoms with E-state index in [0.717, 1.165) is 37.9 Å². The minimum absolute atomic E-state index is 0.189. The van der Waals surface area contributed by atoms with Gasteiger partial charge in [0.25, 0.3) is 0 Å². The first kappa shape index (κ1) is 32.8. The number of para-hydroxylation sites is 1. The van der Waals surface area contributed by atoms with Gasteiger partial charge in [0.15, 0.2) is 0 Å². The van der Waals surface area contributed by atoms with Crippen molar-refractivity contribution in [2.45, 2.75) is 44.2 Å². The highest BCUT2D eigenvalue weighted by Gasteiger charge is 2.22. The minimum atomic E-state index is 0.189. The van der Waals surface area contributed by atoms with Crippen molar-refractivity contribution in [1.29, 1.82) is 0 Å². The molecule has 3 aliphatic carbocycles. The van der Waals surface area contributed by atoms with Crippen LogP contribution in [0, 0.1) is 0 Å². The number of benzene rings is 5. The molecule has 2 atom stereocenters. The Balaban J connectivity index is 1.05. The van der Waals surface area contributed by atoms with Crippen LogP contribution >= 0.6 is 0 Å². The zero-order chi connectivity index (χ0) is 35.4. The maximum Gasteiger partial charge on any atom is 0.0550 e. The molecule has 9 rings (SSSR count). The molecule has 6 aromatic rings. The molecule has 5 aromatic carbocycles. The molecule has 0 aliphatic heterocycles. The molecule has 1 heterocycles. The summed E-state index contributed by atoms with van der Waals surface area (Å²) in [6.45, 7) is 0.925. The summed E-state index contributed by atoms with van der Waals surface area (Å²) in [5.41, 5.74) is 15.9. The molecular formula is C51H44N2. The predicted molar refractivity (Wildman–Crippen MR) is 226 cm³/mol. The van der Waals surface area contributed by atoms with Gasteiger partial charge in [0, 0.05) is 34.7 Å². The van der Waals surface area contributed by atoms with Gasteiger partial charge < -0.3 is 9.88 Å². The van der Waals surface area contributed by atoms with Gasteiger partial charge in [-0.1, -0.05) is 158 Å². The fourth-order valence-electron chi connectivity index (χ4n) is 8.44. The van der Waals surface area contributed by atoms with E-state index in [-0.39, 0.29) is 12.0 Å². The average Bonchev–Trinajstić information content (AvgIpc) is 3.55. The van der Waals surface area contributed by atoms with Crippen molar-refractivity contribution in [3.63, 3.8) is 0 Å². The molecule has 2 unspecified atom stereocenters. The number of hydrogen-bond acceptors (Lipinski definition) is 1. The second-order valence-corrected chi connectivity index (χ2v) is 14.3. The van der Waals surface area contributed by atoms with Crippen molar-refractivity contribution >= 4 is 33.8 Å². The Morgan fingerprint density at radius 2 is 1.43 bits per heavy atom. The number of rotatable bonds is 9. The average molecular weight is 685 g/mol. The predicted octanol–water partition coefficient (Wildman–Crippen LogP) is 12.8. The number of fused-ring (bicyclic) bond motifs is 3. The zero-order valence-corrected chi connectivity index (χ0v) is 30.0. The van der Waals surface area contributed by atoms with E-state index in [1.54, 1.807) is 0 Å². The van der Waals surface area contributed by atoms with Crippen LogP contribution in [0.5, 0.6) is 0 Å². The van der Waals surface area contributed by atoms with Gasteiger partial charge in [-0.2, -0.15) is 0 Å². The number of hydrogen-bond donors (Lipinski definition) is 1. The molecule has 0 saturated heterocycles. The van der Waals surface area contributed by atoms with Crippen LogP contribution in [0.25, 0.3) is 39.3 Å². The Kier molecular flexibility index (Phi) is 9.18. The molecule has 0 fully saturated rings. The van der Waals surface area contributed by atoms with Crippen LogP contribution in [-0.4, -0.2) is 10.6 Å². The van der Waals surface area contributed by atoms with Crippen LogP contribution in [-0.2, 0) is 13.0 Å². The van der Waals surface area contributed by atoms with Crippen LogP contribution in [0.3, 0.4) is 0 Å². The Hall–Kier alpha value is -6.12. The van der Waals surface area contributed by atoms with Gasteiger partial charge in [-0.25, -0.2) is 0 Å². The third-order valence-electron chi connectivity index (χ3n) is 11.1. The molecule has 0 bridgehead atoms. The van der Waals surface area contributed by atoms with Gasteiger partial charge >= 0.3 is 0 Å². The quantitative estimate of drug-likeness (QED) is 0.160. The molecule has 2 nitrogen and oxygen atoms in total. The Morgan fingerprint density at radius 3 is 2.28 bits per heavy atom. The number of nitrogens with zero attached hydrogens (tertiary/aromatic N) is 1. The molecule has 53 heavy (non-hydrogen) atoms. The smallest absolute Gasteiger partial charge is 0.0550 e. The van der Waals surface area contributed by atoms with Crippen LogP contribution in [0.2, 0.25) is 0 Å². The monoisotopic (exact) mass is 684 g/mol. The summed E-state index contributed by atoms with van der Waals surface area (Å²) in [6, 6.07) is 48.8. The number of aryl methyl sites for hydroxylation is 2. The fraction of sp³-hybridized carbons (Fsp3) is 0.137. The van der Waals surface area contributed by atoms with Crippen LogP contribution in [0.15, 0.2) is 188 Å². The van der Waals surface area contributed by atoms with E-state index in [1.165, 1.54) is 66.7 Å². The van der Waals surface area contributed by atoms with Crippen molar-refractivity contribution < 1.29 is 0 Å². The summed E-state index contributed by atoms with van der Waals surface area (Å²) in [5, 5.41) is 5.14. The maximum atomic E-state index is 3.75. The van der Waals surface area contributed by atoms with E-state index in [0.29, 0.717) is 0 Å². The van der Waals surface area contributed by atoms with Crippen molar-refractivity contribution in [3.8, 4) is 11.1 Å². The molecule has 1 aromatic heterocycles. The summed E-state index contributed by atoms with van der Waals surface area (Å²) < 4.78 is 2.59. The largest absolute Gasteiger partial charge is 0.378 e. The highest BCUT2D eigenvalue weighted by Crippen LogP contribution is 2.38. The van der Waals surface area contributed by atoms with Gasteiger partial charge in [-0.15, -0.1) is 0 Å². The van der Waals surface area contributed by atoms with Gasteiger partial charge in [0.2, 0.25) is 0 Å². The lowest BCUT2D eigenvalue weighted by Crippen LogP contribution is -2.25. The lowest BCUT2D eigenvalue weighted by Gasteiger charge is -2.27. The molecule has 0 radical (unpaired) electrons. The summed E-state index contributed by atoms with van der Waals surface area (Å²) in [6.07, 6.45) is 24.7. The Morgan fingerprint density at radius 1 is 0.679 bits per heavy atom. The standard InChI is InChI=1S/C51H44N2/c1-4-16-37(17-5-1)39-20-14-22-42(34-39)45(38-18-6-2-7-19-38)32-33-53-50-29-13-11-27-47(50)48-36-41(30-31-51(48)53)40-21-15-23-43(35-40)46-26-10-12-28-49(46)52-44-24-8-3-9-25-44/h1-10,12-21,23-26,28-31,34-36,46,49,52H,11,22,27,32-33H2/b45-42-. The third-order valence-corrected chi connectivity index (χ3v) is 11.1. The normalized spacial score (nSPS) is 18.5. The first-order valence-corrected chi connectivity index (χ1v) is 19.1. The summed E-state index contributed by atoms with van der Waals surface area (Å²) in [4.78, 5) is 0. The first-order valence-electron chi connectivity index (χ1n) is 19.1. The summed E-state index contributed by atoms with van der Waals surface area (Å²) in [5.74, 6) is 0.245. The highest BCUT2D eigenvalue weighted by molar-refractivity contribution is 5.92. The topological polar surface area (TPSA) is 17.0 Å². The molecule has 0 spiro atoms. The molecule has 1 N–H and O–H groups in total. The minimum Gasteiger partial charge on any atom is -0.378 e. The molecule has 258 valence electrons. The number of aromatic nitrogens is 1. The molecule has 0 saturated carbocycles. The van der Waals surface area contributed by atoms with Crippen molar-refractivity contribution in [1.82, 2.24) is 4.57 Å². The molecule has 0 amide bonds. The number of anilines is 1. The molecule has 3 aliphatic rings. The van der Waals surface area contributed by atoms with E-state index in [9.17, 15) is 0 Å². The van der Waals surface area contributed by atoms with E-state index in [1.807, 2.05) is 0 Å². The third kappa shape index (κ3) is 6.81. The lowest BCUT2D eigenvalue weighted by atomic mass is 9.86. The Bertz CT molecular complexity index is 2430. The van der Waals surface area contributed by atoms with E-state index >= 15 is 0 Å². The van der Waals surface area contributed by atoms with Crippen molar-refractivity contribution in [2.24, 2.45) is 0 Å². The second kappa shape index (κ2) is 14.9. The van der Waals surface area contributed by atoms with E-state index < -0.39 is 0 Å². The number of allylic oxidation sites excluding steroid dienone is 9. The first-order chi connectivity index (χ1) is 26.3. The fourth-order valence-corrected chi connectivity index (χ4v) is 8.44. The zero-order valence-electron chi connectivity index (χ0n) is 30.0. The molecule has 2 heteroatoms. The Labute approximate surface area is 313 Å². The van der Waals surface area contributed by atoms with Crippen molar-refractivity contribution in [3.05, 3.63) is 216 Å².